The van der Waals surface area contributed by atoms with Crippen molar-refractivity contribution in [3.63, 3.8) is 0 Å². The quantitative estimate of drug-likeness (QED) is 0.318. The molecule has 1 fully saturated rings. The zero-order chi connectivity index (χ0) is 21.8. The lowest BCUT2D eigenvalue weighted by atomic mass is 9.89. The van der Waals surface area contributed by atoms with Crippen molar-refractivity contribution in [3.05, 3.63) is 53.6 Å². The van der Waals surface area contributed by atoms with Gasteiger partial charge in [0.2, 0.25) is 0 Å². The van der Waals surface area contributed by atoms with Gasteiger partial charge in [0.25, 0.3) is 0 Å². The van der Waals surface area contributed by atoms with E-state index in [-0.39, 0.29) is 18.4 Å². The van der Waals surface area contributed by atoms with Gasteiger partial charge in [-0.25, -0.2) is 0 Å². The maximum atomic E-state index is 10.3. The summed E-state index contributed by atoms with van der Waals surface area (Å²) in [6.07, 6.45) is 9.88. The first kappa shape index (κ1) is 24.9. The van der Waals surface area contributed by atoms with Crippen molar-refractivity contribution in [2.45, 2.75) is 57.3 Å². The first-order chi connectivity index (χ1) is 14.5. The van der Waals surface area contributed by atoms with E-state index in [1.807, 2.05) is 13.0 Å². The number of allylic oxidation sites excluding steroid dienone is 2. The molecule has 1 aliphatic rings. The van der Waals surface area contributed by atoms with Crippen molar-refractivity contribution >= 4 is 11.6 Å². The van der Waals surface area contributed by atoms with Crippen LogP contribution < -0.4 is 4.74 Å². The molecule has 0 unspecified atom stereocenters. The maximum Gasteiger partial charge on any atom is 0.120 e. The SMILES string of the molecule is CCOCCCC/C=C\C[C@@H]1[C@@H](/C=C/[C@@H](O)COc2cccc(Cl)c2)[C@H](O)C[C@@H]1O. The van der Waals surface area contributed by atoms with Crippen LogP contribution in [0.4, 0.5) is 0 Å². The van der Waals surface area contributed by atoms with Crippen LogP contribution in [0.15, 0.2) is 48.6 Å². The van der Waals surface area contributed by atoms with Gasteiger partial charge in [-0.2, -0.15) is 0 Å². The van der Waals surface area contributed by atoms with Crippen LogP contribution in [0.5, 0.6) is 5.75 Å². The molecular formula is C24H35ClO5. The topological polar surface area (TPSA) is 79.2 Å². The van der Waals surface area contributed by atoms with Gasteiger partial charge in [0.15, 0.2) is 0 Å². The van der Waals surface area contributed by atoms with Crippen molar-refractivity contribution in [3.8, 4) is 5.75 Å². The van der Waals surface area contributed by atoms with Crippen LogP contribution >= 0.6 is 11.6 Å². The molecule has 1 aromatic carbocycles. The number of rotatable bonds is 13. The number of aliphatic hydroxyl groups is 3. The van der Waals surface area contributed by atoms with Crippen LogP contribution in [0.25, 0.3) is 0 Å². The standard InChI is InChI=1S/C24H35ClO5/c1-2-29-14-7-5-3-4-6-11-21-22(24(28)16-23(21)27)13-12-19(26)17-30-20-10-8-9-18(25)15-20/h4,6,8-10,12-13,15,19,21-24,26-28H,2-3,5,7,11,14,16-17H2,1H3/b6-4-,13-12+/t19-,21-,22-,23+,24-/m1/s1. The van der Waals surface area contributed by atoms with Crippen molar-refractivity contribution < 1.29 is 24.8 Å². The number of unbranched alkanes of at least 4 members (excludes halogenated alkanes) is 2. The number of aliphatic hydroxyl groups excluding tert-OH is 3. The van der Waals surface area contributed by atoms with Crippen LogP contribution in [-0.4, -0.2) is 53.5 Å². The summed E-state index contributed by atoms with van der Waals surface area (Å²) < 4.78 is 10.9. The maximum absolute atomic E-state index is 10.3. The van der Waals surface area contributed by atoms with Gasteiger partial charge in [-0.1, -0.05) is 42.0 Å². The summed E-state index contributed by atoms with van der Waals surface area (Å²) in [4.78, 5) is 0. The predicted molar refractivity (Wildman–Crippen MR) is 120 cm³/mol. The summed E-state index contributed by atoms with van der Waals surface area (Å²) in [5.41, 5.74) is 0. The fourth-order valence-electron chi connectivity index (χ4n) is 3.74. The third-order valence-corrected chi connectivity index (χ3v) is 5.61. The molecule has 168 valence electrons. The van der Waals surface area contributed by atoms with E-state index in [0.29, 0.717) is 23.6 Å². The smallest absolute Gasteiger partial charge is 0.120 e. The van der Waals surface area contributed by atoms with E-state index in [1.54, 1.807) is 30.3 Å². The first-order valence-electron chi connectivity index (χ1n) is 10.8. The summed E-state index contributed by atoms with van der Waals surface area (Å²) >= 11 is 5.92. The third-order valence-electron chi connectivity index (χ3n) is 5.38. The van der Waals surface area contributed by atoms with Gasteiger partial charge in [0.05, 0.1) is 12.2 Å². The lowest BCUT2D eigenvalue weighted by molar-refractivity contribution is 0.120. The molecule has 0 heterocycles. The van der Waals surface area contributed by atoms with Crippen molar-refractivity contribution in [1.29, 1.82) is 0 Å². The molecule has 30 heavy (non-hydrogen) atoms. The zero-order valence-corrected chi connectivity index (χ0v) is 18.5. The second kappa shape index (κ2) is 13.8. The zero-order valence-electron chi connectivity index (χ0n) is 17.7. The Kier molecular flexibility index (Phi) is 11.5. The molecule has 5 nitrogen and oxygen atoms in total. The highest BCUT2D eigenvalue weighted by Gasteiger charge is 2.39. The van der Waals surface area contributed by atoms with E-state index in [9.17, 15) is 15.3 Å². The normalized spacial score (nSPS) is 25.4. The average Bonchev–Trinajstić information content (AvgIpc) is 2.99. The Labute approximate surface area is 185 Å². The van der Waals surface area contributed by atoms with E-state index in [2.05, 4.69) is 12.2 Å². The number of ether oxygens (including phenoxy) is 2. The summed E-state index contributed by atoms with van der Waals surface area (Å²) in [6.45, 7) is 3.65. The summed E-state index contributed by atoms with van der Waals surface area (Å²) in [5, 5.41) is 31.4. The Bertz CT molecular complexity index is 663. The molecule has 0 saturated heterocycles. The van der Waals surface area contributed by atoms with E-state index < -0.39 is 18.3 Å². The molecule has 0 aliphatic heterocycles. The Morgan fingerprint density at radius 3 is 2.80 bits per heavy atom. The minimum atomic E-state index is -0.810. The minimum absolute atomic E-state index is 0.0584. The molecule has 1 aromatic rings. The molecule has 0 spiro atoms. The Balaban J connectivity index is 1.78. The Morgan fingerprint density at radius 1 is 1.20 bits per heavy atom. The van der Waals surface area contributed by atoms with Gasteiger partial charge in [0, 0.05) is 30.6 Å². The number of hydrogen-bond donors (Lipinski definition) is 3. The molecular weight excluding hydrogens is 404 g/mol. The minimum Gasteiger partial charge on any atom is -0.491 e. The molecule has 6 heteroatoms. The van der Waals surface area contributed by atoms with Gasteiger partial charge in [-0.05, 0) is 56.7 Å². The lowest BCUT2D eigenvalue weighted by Gasteiger charge is -2.19. The third kappa shape index (κ3) is 8.78. The van der Waals surface area contributed by atoms with Crippen molar-refractivity contribution in [2.24, 2.45) is 11.8 Å². The first-order valence-corrected chi connectivity index (χ1v) is 11.2. The summed E-state index contributed by atoms with van der Waals surface area (Å²) in [5.74, 6) is 0.343. The monoisotopic (exact) mass is 438 g/mol. The molecule has 1 saturated carbocycles. The Hall–Kier alpha value is -1.37. The molecule has 0 aromatic heterocycles. The molecule has 0 bridgehead atoms. The Morgan fingerprint density at radius 2 is 2.03 bits per heavy atom. The lowest BCUT2D eigenvalue weighted by Crippen LogP contribution is -2.21. The van der Waals surface area contributed by atoms with Crippen molar-refractivity contribution in [2.75, 3.05) is 19.8 Å². The highest BCUT2D eigenvalue weighted by Crippen LogP contribution is 2.36. The van der Waals surface area contributed by atoms with E-state index in [4.69, 9.17) is 21.1 Å². The number of hydrogen-bond acceptors (Lipinski definition) is 5. The van der Waals surface area contributed by atoms with Gasteiger partial charge in [-0.15, -0.1) is 0 Å². The summed E-state index contributed by atoms with van der Waals surface area (Å²) in [7, 11) is 0. The largest absolute Gasteiger partial charge is 0.491 e. The molecule has 2 rings (SSSR count). The van der Waals surface area contributed by atoms with Gasteiger partial charge < -0.3 is 24.8 Å². The van der Waals surface area contributed by atoms with Crippen LogP contribution in [0.1, 0.15) is 39.0 Å². The summed E-state index contributed by atoms with van der Waals surface area (Å²) in [6, 6.07) is 7.01. The van der Waals surface area contributed by atoms with Gasteiger partial charge in [-0.3, -0.25) is 0 Å². The number of benzene rings is 1. The van der Waals surface area contributed by atoms with Crippen LogP contribution in [-0.2, 0) is 4.74 Å². The number of halogens is 1. The van der Waals surface area contributed by atoms with E-state index in [0.717, 1.165) is 32.5 Å². The molecule has 3 N–H and O–H groups in total. The van der Waals surface area contributed by atoms with Crippen LogP contribution in [0.3, 0.4) is 0 Å². The second-order valence-corrected chi connectivity index (χ2v) is 8.17. The van der Waals surface area contributed by atoms with E-state index in [1.165, 1.54) is 0 Å². The fourth-order valence-corrected chi connectivity index (χ4v) is 3.92. The van der Waals surface area contributed by atoms with Crippen molar-refractivity contribution in [1.82, 2.24) is 0 Å². The highest BCUT2D eigenvalue weighted by atomic mass is 35.5. The highest BCUT2D eigenvalue weighted by molar-refractivity contribution is 6.30. The molecule has 5 atom stereocenters. The molecule has 0 radical (unpaired) electrons. The second-order valence-electron chi connectivity index (χ2n) is 7.73. The van der Waals surface area contributed by atoms with Gasteiger partial charge in [0.1, 0.15) is 18.5 Å². The molecule has 0 amide bonds. The van der Waals surface area contributed by atoms with Crippen LogP contribution in [0.2, 0.25) is 5.02 Å². The van der Waals surface area contributed by atoms with Crippen LogP contribution in [0, 0.1) is 11.8 Å². The average molecular weight is 439 g/mol. The predicted octanol–water partition coefficient (Wildman–Crippen LogP) is 4.15. The molecule has 1 aliphatic carbocycles. The fraction of sp³-hybridized carbons (Fsp3) is 0.583. The van der Waals surface area contributed by atoms with E-state index >= 15 is 0 Å². The van der Waals surface area contributed by atoms with Gasteiger partial charge >= 0.3 is 0 Å².